The molecule has 10 atom stereocenters. The average Bonchev–Trinajstić information content (AvgIpc) is 2.97. The van der Waals surface area contributed by atoms with Gasteiger partial charge < -0.3 is 69.0 Å². The molecule has 0 radical (unpaired) electrons. The second-order valence-electron chi connectivity index (χ2n) is 10.8. The van der Waals surface area contributed by atoms with Crippen LogP contribution in [0.3, 0.4) is 0 Å². The van der Waals surface area contributed by atoms with Gasteiger partial charge in [0.1, 0.15) is 53.0 Å². The molecular formula is C29H32O16. The van der Waals surface area contributed by atoms with Crippen molar-refractivity contribution in [1.82, 2.24) is 0 Å². The molecule has 0 saturated carbocycles. The standard InChI is InChI=1S/C29H32O16/c1-9-19(34)21(36)23(38)28(40-9)43-13-7-16(33)18-17(8-13)44-26(12-4-5-14(31)15(32)6-12)27(20(18)35)45-29-24(39)22(37)25(10(2)41-29)42-11(3)30/h4-10,19,21-25,28-29,31-34,36-39H,1-3H3/t9-,10-,19-,21+,22-,23+,24+,25-,28-,29-/m0/s1. The number of carbonyl (C=O) groups is 1. The van der Waals surface area contributed by atoms with E-state index in [2.05, 4.69) is 0 Å². The van der Waals surface area contributed by atoms with E-state index in [0.29, 0.717) is 0 Å². The van der Waals surface area contributed by atoms with Gasteiger partial charge in [0.2, 0.25) is 23.8 Å². The van der Waals surface area contributed by atoms with Crippen molar-refractivity contribution >= 4 is 16.9 Å². The van der Waals surface area contributed by atoms with E-state index < -0.39 is 101 Å². The van der Waals surface area contributed by atoms with Gasteiger partial charge in [-0.2, -0.15) is 0 Å². The molecule has 16 heteroatoms. The third-order valence-electron chi connectivity index (χ3n) is 7.52. The Morgan fingerprint density at radius 1 is 0.756 bits per heavy atom. The van der Waals surface area contributed by atoms with Crippen molar-refractivity contribution in [2.45, 2.75) is 82.2 Å². The summed E-state index contributed by atoms with van der Waals surface area (Å²) in [6, 6.07) is 5.55. The summed E-state index contributed by atoms with van der Waals surface area (Å²) in [6.07, 6.45) is -14.6. The van der Waals surface area contributed by atoms with Crippen LogP contribution >= 0.6 is 0 Å². The quantitative estimate of drug-likeness (QED) is 0.126. The lowest BCUT2D eigenvalue weighted by molar-refractivity contribution is -0.272. The van der Waals surface area contributed by atoms with Gasteiger partial charge in [0.25, 0.3) is 0 Å². The molecule has 0 bridgehead atoms. The Morgan fingerprint density at radius 2 is 1.40 bits per heavy atom. The summed E-state index contributed by atoms with van der Waals surface area (Å²) in [5, 5.41) is 82.1. The molecular weight excluding hydrogens is 604 g/mol. The first kappa shape index (κ1) is 32.2. The number of esters is 1. The largest absolute Gasteiger partial charge is 0.507 e. The fourth-order valence-corrected chi connectivity index (χ4v) is 5.11. The first-order valence-electron chi connectivity index (χ1n) is 13.8. The summed E-state index contributed by atoms with van der Waals surface area (Å²) in [6.45, 7) is 3.98. The Balaban J connectivity index is 1.58. The summed E-state index contributed by atoms with van der Waals surface area (Å²) in [4.78, 5) is 25.3. The summed E-state index contributed by atoms with van der Waals surface area (Å²) < 4.78 is 33.4. The van der Waals surface area contributed by atoms with Gasteiger partial charge in [0.15, 0.2) is 23.4 Å². The van der Waals surface area contributed by atoms with E-state index in [9.17, 15) is 50.4 Å². The van der Waals surface area contributed by atoms with Gasteiger partial charge in [0, 0.05) is 24.6 Å². The van der Waals surface area contributed by atoms with Crippen molar-refractivity contribution in [2.24, 2.45) is 0 Å². The van der Waals surface area contributed by atoms with Crippen molar-refractivity contribution in [1.29, 1.82) is 0 Å². The highest BCUT2D eigenvalue weighted by Gasteiger charge is 2.47. The van der Waals surface area contributed by atoms with Crippen LogP contribution in [0.4, 0.5) is 0 Å². The molecule has 5 rings (SSSR count). The highest BCUT2D eigenvalue weighted by Crippen LogP contribution is 2.40. The highest BCUT2D eigenvalue weighted by molar-refractivity contribution is 5.88. The molecule has 45 heavy (non-hydrogen) atoms. The Kier molecular flexibility index (Phi) is 8.83. The van der Waals surface area contributed by atoms with Gasteiger partial charge >= 0.3 is 5.97 Å². The number of fused-ring (bicyclic) bond motifs is 1. The first-order valence-corrected chi connectivity index (χ1v) is 13.8. The number of carbonyl (C=O) groups excluding carboxylic acids is 1. The number of aromatic hydroxyl groups is 3. The first-order chi connectivity index (χ1) is 21.2. The molecule has 16 nitrogen and oxygen atoms in total. The number of rotatable bonds is 6. The van der Waals surface area contributed by atoms with Gasteiger partial charge in [-0.05, 0) is 32.0 Å². The van der Waals surface area contributed by atoms with Crippen molar-refractivity contribution in [3.63, 3.8) is 0 Å². The predicted molar refractivity (Wildman–Crippen MR) is 148 cm³/mol. The molecule has 244 valence electrons. The van der Waals surface area contributed by atoms with E-state index in [1.54, 1.807) is 0 Å². The van der Waals surface area contributed by atoms with Crippen molar-refractivity contribution in [2.75, 3.05) is 0 Å². The minimum atomic E-state index is -1.84. The van der Waals surface area contributed by atoms with Gasteiger partial charge in [-0.25, -0.2) is 0 Å². The van der Waals surface area contributed by atoms with Crippen LogP contribution in [0.1, 0.15) is 20.8 Å². The summed E-state index contributed by atoms with van der Waals surface area (Å²) in [5.41, 5.74) is -1.31. The Labute approximate surface area is 253 Å². The van der Waals surface area contributed by atoms with Crippen LogP contribution < -0.4 is 14.9 Å². The fourth-order valence-electron chi connectivity index (χ4n) is 5.11. The second-order valence-corrected chi connectivity index (χ2v) is 10.8. The predicted octanol–water partition coefficient (Wildman–Crippen LogP) is -0.440. The van der Waals surface area contributed by atoms with E-state index in [1.165, 1.54) is 19.9 Å². The maximum absolute atomic E-state index is 13.8. The highest BCUT2D eigenvalue weighted by atomic mass is 16.7. The molecule has 0 unspecified atom stereocenters. The number of benzene rings is 2. The van der Waals surface area contributed by atoms with Crippen LogP contribution in [0.2, 0.25) is 0 Å². The molecule has 0 spiro atoms. The van der Waals surface area contributed by atoms with Crippen LogP contribution in [0.5, 0.6) is 28.7 Å². The topological polar surface area (TPSA) is 255 Å². The molecule has 2 aliphatic rings. The molecule has 2 saturated heterocycles. The Bertz CT molecular complexity index is 1640. The summed E-state index contributed by atoms with van der Waals surface area (Å²) >= 11 is 0. The summed E-state index contributed by atoms with van der Waals surface area (Å²) in [7, 11) is 0. The van der Waals surface area contributed by atoms with Crippen molar-refractivity contribution in [3.8, 4) is 40.1 Å². The molecule has 3 aromatic rings. The number of ether oxygens (including phenoxy) is 5. The summed E-state index contributed by atoms with van der Waals surface area (Å²) in [5.74, 6) is -3.71. The zero-order valence-electron chi connectivity index (χ0n) is 24.0. The number of aliphatic hydroxyl groups excluding tert-OH is 5. The van der Waals surface area contributed by atoms with E-state index in [-0.39, 0.29) is 22.7 Å². The minimum absolute atomic E-state index is 0.0150. The lowest BCUT2D eigenvalue weighted by atomic mass is 9.99. The van der Waals surface area contributed by atoms with E-state index >= 15 is 0 Å². The molecule has 0 amide bonds. The fraction of sp³-hybridized carbons (Fsp3) is 0.448. The molecule has 2 aromatic carbocycles. The molecule has 3 heterocycles. The van der Waals surface area contributed by atoms with Crippen LogP contribution in [-0.2, 0) is 19.0 Å². The molecule has 8 N–H and O–H groups in total. The van der Waals surface area contributed by atoms with Gasteiger partial charge in [-0.3, -0.25) is 9.59 Å². The van der Waals surface area contributed by atoms with Crippen molar-refractivity contribution in [3.05, 3.63) is 40.6 Å². The van der Waals surface area contributed by atoms with Crippen molar-refractivity contribution < 1.29 is 73.7 Å². The normalized spacial score (nSPS) is 31.8. The zero-order valence-corrected chi connectivity index (χ0v) is 24.0. The number of hydrogen-bond acceptors (Lipinski definition) is 16. The number of hydrogen-bond donors (Lipinski definition) is 8. The number of aliphatic hydroxyl groups is 5. The maximum atomic E-state index is 13.8. The number of phenols is 3. The lowest BCUT2D eigenvalue weighted by Gasteiger charge is -2.40. The van der Waals surface area contributed by atoms with E-state index in [1.807, 2.05) is 0 Å². The van der Waals surface area contributed by atoms with Gasteiger partial charge in [-0.1, -0.05) is 0 Å². The van der Waals surface area contributed by atoms with E-state index in [4.69, 9.17) is 28.1 Å². The average molecular weight is 637 g/mol. The molecule has 1 aromatic heterocycles. The zero-order chi connectivity index (χ0) is 32.9. The second kappa shape index (κ2) is 12.3. The maximum Gasteiger partial charge on any atom is 0.303 e. The lowest BCUT2D eigenvalue weighted by Crippen LogP contribution is -2.59. The minimum Gasteiger partial charge on any atom is -0.507 e. The molecule has 0 aliphatic carbocycles. The van der Waals surface area contributed by atoms with Crippen LogP contribution in [-0.4, -0.2) is 108 Å². The molecule has 2 fully saturated rings. The number of phenolic OH excluding ortho intramolecular Hbond substituents is 3. The Hall–Kier alpha value is -4.16. The monoisotopic (exact) mass is 636 g/mol. The van der Waals surface area contributed by atoms with Gasteiger partial charge in [0.05, 0.1) is 12.2 Å². The smallest absolute Gasteiger partial charge is 0.303 e. The van der Waals surface area contributed by atoms with E-state index in [0.717, 1.165) is 31.2 Å². The Morgan fingerprint density at radius 3 is 2.07 bits per heavy atom. The van der Waals surface area contributed by atoms with Crippen LogP contribution in [0.25, 0.3) is 22.3 Å². The third-order valence-corrected chi connectivity index (χ3v) is 7.52. The van der Waals surface area contributed by atoms with Crippen LogP contribution in [0.15, 0.2) is 39.5 Å². The van der Waals surface area contributed by atoms with Gasteiger partial charge in [-0.15, -0.1) is 0 Å². The SMILES string of the molecule is CC(=O)O[C@@H]1[C@@H](O)[C@@H](O)[C@H](Oc2c(-c3ccc(O)c(O)c3)oc3cc(O[C@@H]4O[C@@H](C)[C@H](O)[C@@H](O)[C@H]4O)cc(O)c3c2=O)O[C@H]1C. The molecule has 2 aliphatic heterocycles. The third kappa shape index (κ3) is 6.08. The van der Waals surface area contributed by atoms with Crippen LogP contribution in [0, 0.1) is 0 Å².